The van der Waals surface area contributed by atoms with Crippen molar-refractivity contribution in [3.63, 3.8) is 0 Å². The molecule has 0 radical (unpaired) electrons. The minimum absolute atomic E-state index is 0.0994. The van der Waals surface area contributed by atoms with Crippen LogP contribution in [0.1, 0.15) is 40.3 Å². The van der Waals surface area contributed by atoms with Gasteiger partial charge in [-0.05, 0) is 58.5 Å². The second kappa shape index (κ2) is 9.85. The Bertz CT molecular complexity index is 1280. The van der Waals surface area contributed by atoms with Crippen LogP contribution < -0.4 is 15.2 Å². The molecule has 1 saturated carbocycles. The molecule has 13 heteroatoms. The molecule has 0 bridgehead atoms. The first-order valence-corrected chi connectivity index (χ1v) is 13.5. The van der Waals surface area contributed by atoms with E-state index >= 15 is 0 Å². The maximum absolute atomic E-state index is 13.8. The normalized spacial score (nSPS) is 29.3. The second-order valence-corrected chi connectivity index (χ2v) is 11.6. The van der Waals surface area contributed by atoms with Gasteiger partial charge in [-0.25, -0.2) is 4.57 Å². The summed E-state index contributed by atoms with van der Waals surface area (Å²) in [6.07, 6.45) is 0.649. The molecular formula is C23H30N3O8PS. The van der Waals surface area contributed by atoms with E-state index < -0.39 is 37.2 Å². The fourth-order valence-corrected chi connectivity index (χ4v) is 6.15. The Morgan fingerprint density at radius 2 is 2.03 bits per heavy atom. The SMILES string of the molecule is CC(C)OC(=O)[C@H](C)N[P@](=O)(OCC12CC1C(C)(O)[C@H](n1ccc(=O)[nH]c1=S)O2)Oc1ccccc1. The van der Waals surface area contributed by atoms with Crippen molar-refractivity contribution in [2.45, 2.75) is 63.7 Å². The Morgan fingerprint density at radius 1 is 1.33 bits per heavy atom. The molecule has 1 aromatic carbocycles. The van der Waals surface area contributed by atoms with Crippen molar-refractivity contribution in [1.82, 2.24) is 14.6 Å². The summed E-state index contributed by atoms with van der Waals surface area (Å²) in [5.41, 5.74) is -2.67. The number of H-pyrrole nitrogens is 1. The average Bonchev–Trinajstić information content (AvgIpc) is 3.47. The highest BCUT2D eigenvalue weighted by molar-refractivity contribution is 7.71. The van der Waals surface area contributed by atoms with Crippen molar-refractivity contribution in [2.75, 3.05) is 6.61 Å². The highest BCUT2D eigenvalue weighted by atomic mass is 32.1. The highest BCUT2D eigenvalue weighted by Crippen LogP contribution is 2.65. The van der Waals surface area contributed by atoms with Crippen molar-refractivity contribution < 1.29 is 33.0 Å². The van der Waals surface area contributed by atoms with Gasteiger partial charge in [0.25, 0.3) is 5.56 Å². The monoisotopic (exact) mass is 539 g/mol. The van der Waals surface area contributed by atoms with Crippen molar-refractivity contribution in [2.24, 2.45) is 5.92 Å². The standard InChI is InChI=1S/C23H30N3O8PS/c1-14(2)32-19(28)15(3)25-35(30,34-16-8-6-5-7-9-16)31-13-23-12-17(23)22(4,29)20(33-23)26-11-10-18(27)24-21(26)36/h5-11,14-15,17,20,29H,12-13H2,1-4H3,(H,25,30)(H,24,27,36)/t15-,17?,20+,22?,23?,35-/m0/s1. The molecule has 1 aliphatic heterocycles. The van der Waals surface area contributed by atoms with Gasteiger partial charge in [0.1, 0.15) is 23.0 Å². The number of aromatic nitrogens is 2. The van der Waals surface area contributed by atoms with E-state index in [1.807, 2.05) is 0 Å². The Balaban J connectivity index is 1.53. The molecule has 3 unspecified atom stereocenters. The van der Waals surface area contributed by atoms with Crippen LogP contribution in [0.15, 0.2) is 47.4 Å². The molecule has 11 nitrogen and oxygen atoms in total. The third-order valence-corrected chi connectivity index (χ3v) is 8.12. The molecule has 4 rings (SSSR count). The summed E-state index contributed by atoms with van der Waals surface area (Å²) in [5.74, 6) is -0.683. The van der Waals surface area contributed by atoms with Crippen LogP contribution in [0.4, 0.5) is 0 Å². The fourth-order valence-electron chi connectivity index (χ4n) is 4.34. The number of carbonyl (C=O) groups excluding carboxylic acids is 1. The number of nitrogens with zero attached hydrogens (tertiary/aromatic N) is 1. The zero-order valence-corrected chi connectivity index (χ0v) is 22.1. The van der Waals surface area contributed by atoms with Gasteiger partial charge in [-0.15, -0.1) is 0 Å². The van der Waals surface area contributed by atoms with E-state index in [1.54, 1.807) is 51.1 Å². The molecule has 2 aliphatic rings. The third kappa shape index (κ3) is 5.49. The van der Waals surface area contributed by atoms with Crippen LogP contribution in [0.3, 0.4) is 0 Å². The number of aliphatic hydroxyl groups is 1. The van der Waals surface area contributed by atoms with Crippen molar-refractivity contribution >= 4 is 25.9 Å². The molecule has 3 N–H and O–H groups in total. The number of para-hydroxylation sites is 1. The largest absolute Gasteiger partial charge is 0.462 e. The average molecular weight is 540 g/mol. The lowest BCUT2D eigenvalue weighted by Gasteiger charge is -2.30. The van der Waals surface area contributed by atoms with Crippen molar-refractivity contribution in [1.29, 1.82) is 0 Å². The summed E-state index contributed by atoms with van der Waals surface area (Å²) in [6.45, 7) is 6.35. The Kier molecular flexibility index (Phi) is 7.31. The van der Waals surface area contributed by atoms with Crippen LogP contribution in [0.5, 0.6) is 5.75 Å². The van der Waals surface area contributed by atoms with E-state index in [2.05, 4.69) is 10.1 Å². The van der Waals surface area contributed by atoms with Crippen molar-refractivity contribution in [3.8, 4) is 5.75 Å². The van der Waals surface area contributed by atoms with E-state index in [1.165, 1.54) is 23.8 Å². The number of aromatic amines is 1. The molecule has 1 aliphatic carbocycles. The molecule has 2 aromatic rings. The van der Waals surface area contributed by atoms with Gasteiger partial charge in [0.2, 0.25) is 0 Å². The lowest BCUT2D eigenvalue weighted by atomic mass is 9.98. The molecule has 1 aromatic heterocycles. The van der Waals surface area contributed by atoms with E-state index in [-0.39, 0.29) is 34.7 Å². The summed E-state index contributed by atoms with van der Waals surface area (Å²) in [5, 5.41) is 13.9. The number of rotatable bonds is 10. The lowest BCUT2D eigenvalue weighted by molar-refractivity contribution is -0.149. The first-order chi connectivity index (χ1) is 16.9. The van der Waals surface area contributed by atoms with Crippen LogP contribution in [-0.4, -0.2) is 50.6 Å². The topological polar surface area (TPSA) is 141 Å². The van der Waals surface area contributed by atoms with Gasteiger partial charge in [0.05, 0.1) is 12.7 Å². The van der Waals surface area contributed by atoms with Crippen LogP contribution in [0.25, 0.3) is 0 Å². The number of hydrogen-bond acceptors (Lipinski definition) is 9. The maximum atomic E-state index is 13.8. The molecule has 2 heterocycles. The smallest absolute Gasteiger partial charge is 0.459 e. The summed E-state index contributed by atoms with van der Waals surface area (Å²) >= 11 is 5.23. The van der Waals surface area contributed by atoms with E-state index in [4.69, 9.17) is 30.7 Å². The molecule has 0 amide bonds. The number of carbonyl (C=O) groups is 1. The van der Waals surface area contributed by atoms with E-state index in [9.17, 15) is 19.3 Å². The minimum atomic E-state index is -4.10. The minimum Gasteiger partial charge on any atom is -0.462 e. The zero-order chi connectivity index (χ0) is 26.3. The Morgan fingerprint density at radius 3 is 2.67 bits per heavy atom. The summed E-state index contributed by atoms with van der Waals surface area (Å²) in [7, 11) is -4.10. The van der Waals surface area contributed by atoms with E-state index in [0.717, 1.165) is 0 Å². The lowest BCUT2D eigenvalue weighted by Crippen LogP contribution is -2.37. The number of ether oxygens (including phenoxy) is 2. The van der Waals surface area contributed by atoms with Gasteiger partial charge in [0, 0.05) is 18.2 Å². The van der Waals surface area contributed by atoms with E-state index in [0.29, 0.717) is 6.42 Å². The van der Waals surface area contributed by atoms with Gasteiger partial charge < -0.3 is 19.1 Å². The van der Waals surface area contributed by atoms with Gasteiger partial charge >= 0.3 is 13.7 Å². The number of fused-ring (bicyclic) bond motifs is 1. The fraction of sp³-hybridized carbons (Fsp3) is 0.522. The first kappa shape index (κ1) is 26.7. The Labute approximate surface area is 213 Å². The molecule has 0 spiro atoms. The summed E-state index contributed by atoms with van der Waals surface area (Å²) in [4.78, 5) is 26.4. The predicted molar refractivity (Wildman–Crippen MR) is 132 cm³/mol. The second-order valence-electron chi connectivity index (χ2n) is 9.55. The summed E-state index contributed by atoms with van der Waals surface area (Å²) in [6, 6.07) is 8.71. The van der Waals surface area contributed by atoms with Crippen LogP contribution in [0, 0.1) is 10.7 Å². The molecule has 1 saturated heterocycles. The quantitative estimate of drug-likeness (QED) is 0.234. The molecular weight excluding hydrogens is 509 g/mol. The van der Waals surface area contributed by atoms with Gasteiger partial charge in [-0.2, -0.15) is 5.09 Å². The maximum Gasteiger partial charge on any atom is 0.459 e. The number of hydrogen-bond donors (Lipinski definition) is 3. The highest BCUT2D eigenvalue weighted by Gasteiger charge is 2.73. The molecule has 196 valence electrons. The third-order valence-electron chi connectivity index (χ3n) is 6.18. The molecule has 6 atom stereocenters. The Hall–Kier alpha value is -2.34. The van der Waals surface area contributed by atoms with Crippen molar-refractivity contribution in [3.05, 3.63) is 57.7 Å². The first-order valence-electron chi connectivity index (χ1n) is 11.5. The van der Waals surface area contributed by atoms with Crippen LogP contribution in [0.2, 0.25) is 0 Å². The number of nitrogens with one attached hydrogen (secondary N) is 2. The zero-order valence-electron chi connectivity index (χ0n) is 20.4. The summed E-state index contributed by atoms with van der Waals surface area (Å²) < 4.78 is 38.2. The molecule has 2 fully saturated rings. The number of esters is 1. The van der Waals surface area contributed by atoms with Gasteiger partial charge in [-0.3, -0.25) is 23.7 Å². The predicted octanol–water partition coefficient (Wildman–Crippen LogP) is 3.08. The molecule has 36 heavy (non-hydrogen) atoms. The van der Waals surface area contributed by atoms with Gasteiger partial charge in [-0.1, -0.05) is 18.2 Å². The van der Waals surface area contributed by atoms with Crippen LogP contribution >= 0.6 is 20.0 Å². The number of benzene rings is 1. The van der Waals surface area contributed by atoms with Crippen LogP contribution in [-0.2, 0) is 23.4 Å². The van der Waals surface area contributed by atoms with Gasteiger partial charge in [0.15, 0.2) is 11.0 Å².